The van der Waals surface area contributed by atoms with Crippen LogP contribution in [0.4, 0.5) is 0 Å². The SMILES string of the molecule is COc1ccc(-c2cc(C)no2)cc1CC(=O)N[C@H](C(=O)N[C@@H](CC(=O)O)C(=O)CSCc1ccccc1)C(C)C. The molecule has 218 valence electrons. The minimum Gasteiger partial charge on any atom is -0.496 e. The van der Waals surface area contributed by atoms with Gasteiger partial charge in [0.2, 0.25) is 11.8 Å². The number of thioether (sulfide) groups is 1. The molecule has 0 aliphatic carbocycles. The Bertz CT molecular complexity index is 1360. The summed E-state index contributed by atoms with van der Waals surface area (Å²) in [6.45, 7) is 5.31. The number of carboxylic acid groups (broad SMARTS) is 1. The van der Waals surface area contributed by atoms with Gasteiger partial charge >= 0.3 is 5.97 Å². The number of ether oxygens (including phenoxy) is 1. The van der Waals surface area contributed by atoms with E-state index < -0.39 is 42.1 Å². The fourth-order valence-corrected chi connectivity index (χ4v) is 5.06. The number of rotatable bonds is 15. The van der Waals surface area contributed by atoms with Crippen LogP contribution in [0.2, 0.25) is 0 Å². The minimum atomic E-state index is -1.22. The Kier molecular flexibility index (Phi) is 11.5. The van der Waals surface area contributed by atoms with Crippen molar-refractivity contribution in [3.8, 4) is 17.1 Å². The zero-order valence-corrected chi connectivity index (χ0v) is 24.3. The summed E-state index contributed by atoms with van der Waals surface area (Å²) in [5, 5.41) is 18.6. The molecule has 11 heteroatoms. The number of carbonyl (C=O) groups excluding carboxylic acids is 3. The van der Waals surface area contributed by atoms with Crippen LogP contribution in [0.1, 0.15) is 37.1 Å². The zero-order valence-electron chi connectivity index (χ0n) is 23.5. The monoisotopic (exact) mass is 581 g/mol. The number of hydrogen-bond donors (Lipinski definition) is 3. The van der Waals surface area contributed by atoms with Crippen molar-refractivity contribution in [3.05, 3.63) is 71.4 Å². The molecule has 41 heavy (non-hydrogen) atoms. The number of aromatic nitrogens is 1. The maximum absolute atomic E-state index is 13.2. The summed E-state index contributed by atoms with van der Waals surface area (Å²) in [5.41, 5.74) is 3.04. The van der Waals surface area contributed by atoms with Gasteiger partial charge in [0.15, 0.2) is 11.5 Å². The smallest absolute Gasteiger partial charge is 0.305 e. The van der Waals surface area contributed by atoms with E-state index in [1.165, 1.54) is 18.9 Å². The third-order valence-corrected chi connectivity index (χ3v) is 7.28. The Morgan fingerprint density at radius 1 is 1.05 bits per heavy atom. The molecule has 0 saturated carbocycles. The quantitative estimate of drug-likeness (QED) is 0.244. The summed E-state index contributed by atoms with van der Waals surface area (Å²) in [5.74, 6) is -1.37. The molecule has 0 radical (unpaired) electrons. The van der Waals surface area contributed by atoms with Gasteiger partial charge in [0.25, 0.3) is 0 Å². The number of nitrogens with zero attached hydrogens (tertiary/aromatic N) is 1. The van der Waals surface area contributed by atoms with E-state index in [0.717, 1.165) is 11.3 Å². The van der Waals surface area contributed by atoms with Crippen molar-refractivity contribution >= 4 is 35.3 Å². The largest absolute Gasteiger partial charge is 0.496 e. The van der Waals surface area contributed by atoms with E-state index in [2.05, 4.69) is 15.8 Å². The predicted molar refractivity (Wildman–Crippen MR) is 155 cm³/mol. The van der Waals surface area contributed by atoms with Gasteiger partial charge < -0.3 is 25.0 Å². The number of carboxylic acids is 1. The van der Waals surface area contributed by atoms with E-state index in [9.17, 15) is 24.3 Å². The number of Topliss-reactive ketones (excluding diaryl/α,β-unsaturated/α-hetero) is 1. The molecular formula is C30H35N3O7S. The molecule has 3 rings (SSSR count). The van der Waals surface area contributed by atoms with Gasteiger partial charge in [0.05, 0.1) is 37.4 Å². The molecule has 0 aliphatic rings. The highest BCUT2D eigenvalue weighted by atomic mass is 32.2. The average Bonchev–Trinajstić information content (AvgIpc) is 3.37. The topological polar surface area (TPSA) is 148 Å². The highest BCUT2D eigenvalue weighted by molar-refractivity contribution is 7.99. The van der Waals surface area contributed by atoms with E-state index in [1.807, 2.05) is 30.3 Å². The van der Waals surface area contributed by atoms with Crippen molar-refractivity contribution in [3.63, 3.8) is 0 Å². The molecule has 3 N–H and O–H groups in total. The first-order valence-corrected chi connectivity index (χ1v) is 14.3. The van der Waals surface area contributed by atoms with Gasteiger partial charge in [0.1, 0.15) is 11.8 Å². The van der Waals surface area contributed by atoms with Gasteiger partial charge in [-0.3, -0.25) is 19.2 Å². The van der Waals surface area contributed by atoms with E-state index in [0.29, 0.717) is 28.4 Å². The van der Waals surface area contributed by atoms with Crippen LogP contribution in [0.15, 0.2) is 59.1 Å². The highest BCUT2D eigenvalue weighted by Crippen LogP contribution is 2.27. The van der Waals surface area contributed by atoms with Crippen molar-refractivity contribution in [1.29, 1.82) is 0 Å². The van der Waals surface area contributed by atoms with Crippen molar-refractivity contribution in [2.45, 2.75) is 51.4 Å². The molecule has 10 nitrogen and oxygen atoms in total. The Morgan fingerprint density at radius 3 is 2.39 bits per heavy atom. The lowest BCUT2D eigenvalue weighted by atomic mass is 10.0. The molecule has 2 aromatic carbocycles. The van der Waals surface area contributed by atoms with Crippen LogP contribution in [0, 0.1) is 12.8 Å². The molecule has 0 spiro atoms. The molecular weight excluding hydrogens is 546 g/mol. The van der Waals surface area contributed by atoms with Gasteiger partial charge in [-0.2, -0.15) is 0 Å². The van der Waals surface area contributed by atoms with Crippen molar-refractivity contribution in [1.82, 2.24) is 15.8 Å². The Morgan fingerprint density at radius 2 is 1.78 bits per heavy atom. The van der Waals surface area contributed by atoms with Crippen LogP contribution in [0.5, 0.6) is 5.75 Å². The molecule has 1 heterocycles. The highest BCUT2D eigenvalue weighted by Gasteiger charge is 2.30. The molecule has 0 saturated heterocycles. The normalized spacial score (nSPS) is 12.4. The summed E-state index contributed by atoms with van der Waals surface area (Å²) in [7, 11) is 1.50. The maximum atomic E-state index is 13.2. The summed E-state index contributed by atoms with van der Waals surface area (Å²) in [6.07, 6.45) is -0.644. The first-order chi connectivity index (χ1) is 19.6. The van der Waals surface area contributed by atoms with E-state index in [-0.39, 0.29) is 18.1 Å². The number of amides is 2. The van der Waals surface area contributed by atoms with Crippen molar-refractivity contribution in [2.24, 2.45) is 5.92 Å². The lowest BCUT2D eigenvalue weighted by Crippen LogP contribution is -2.54. The first kappa shape index (κ1) is 31.4. The third-order valence-electron chi connectivity index (χ3n) is 6.25. The fourth-order valence-electron chi connectivity index (χ4n) is 4.13. The van der Waals surface area contributed by atoms with Crippen LogP contribution in [0.3, 0.4) is 0 Å². The van der Waals surface area contributed by atoms with Gasteiger partial charge in [-0.05, 0) is 36.6 Å². The molecule has 0 bridgehead atoms. The van der Waals surface area contributed by atoms with E-state index in [1.54, 1.807) is 45.0 Å². The van der Waals surface area contributed by atoms with E-state index in [4.69, 9.17) is 9.26 Å². The molecule has 2 amide bonds. The van der Waals surface area contributed by atoms with Crippen LogP contribution < -0.4 is 15.4 Å². The summed E-state index contributed by atoms with van der Waals surface area (Å²) < 4.78 is 10.7. The molecule has 0 unspecified atom stereocenters. The van der Waals surface area contributed by atoms with Gasteiger partial charge in [-0.25, -0.2) is 0 Å². The van der Waals surface area contributed by atoms with Crippen LogP contribution in [-0.2, 0) is 31.4 Å². The Balaban J connectivity index is 1.66. The molecule has 0 fully saturated rings. The van der Waals surface area contributed by atoms with Crippen LogP contribution >= 0.6 is 11.8 Å². The predicted octanol–water partition coefficient (Wildman–Crippen LogP) is 3.80. The number of carbonyl (C=O) groups is 4. The number of nitrogens with one attached hydrogen (secondary N) is 2. The lowest BCUT2D eigenvalue weighted by molar-refractivity contribution is -0.140. The summed E-state index contributed by atoms with van der Waals surface area (Å²) >= 11 is 1.34. The van der Waals surface area contributed by atoms with E-state index >= 15 is 0 Å². The third kappa shape index (κ3) is 9.49. The summed E-state index contributed by atoms with van der Waals surface area (Å²) in [4.78, 5) is 50.6. The second kappa shape index (κ2) is 15.0. The second-order valence-electron chi connectivity index (χ2n) is 9.93. The number of methoxy groups -OCH3 is 1. The number of ketones is 1. The molecule has 1 aromatic heterocycles. The van der Waals surface area contributed by atoms with Crippen LogP contribution in [-0.4, -0.2) is 58.8 Å². The molecule has 2 atom stereocenters. The van der Waals surface area contributed by atoms with Gasteiger partial charge in [-0.1, -0.05) is 49.3 Å². The molecule has 3 aromatic rings. The average molecular weight is 582 g/mol. The summed E-state index contributed by atoms with van der Waals surface area (Å²) in [6, 6.07) is 14.4. The number of benzene rings is 2. The van der Waals surface area contributed by atoms with Gasteiger partial charge in [-0.15, -0.1) is 11.8 Å². The standard InChI is InChI=1S/C30H35N3O7S/c1-18(2)29(30(38)31-23(15-28(36)37)24(34)17-41-16-20-8-6-5-7-9-20)32-27(35)14-22-13-21(10-11-25(22)39-4)26-12-19(3)33-40-26/h5-13,18,23,29H,14-17H2,1-4H3,(H,31,38)(H,32,35)(H,36,37)/t23-,29-/m0/s1. The fraction of sp³-hybridized carbons (Fsp3) is 0.367. The Labute approximate surface area is 243 Å². The first-order valence-electron chi connectivity index (χ1n) is 13.1. The number of aliphatic carboxylic acids is 1. The number of hydrogen-bond acceptors (Lipinski definition) is 8. The van der Waals surface area contributed by atoms with Gasteiger partial charge in [0, 0.05) is 22.9 Å². The maximum Gasteiger partial charge on any atom is 0.305 e. The number of aryl methyl sites for hydroxylation is 1. The second-order valence-corrected chi connectivity index (χ2v) is 10.9. The van der Waals surface area contributed by atoms with Crippen LogP contribution in [0.25, 0.3) is 11.3 Å². The Hall–Kier alpha value is -4.12. The molecule has 0 aliphatic heterocycles. The van der Waals surface area contributed by atoms with Crippen molar-refractivity contribution < 1.29 is 33.5 Å². The minimum absolute atomic E-state index is 0.0344. The zero-order chi connectivity index (χ0) is 29.9. The van der Waals surface area contributed by atoms with Crippen molar-refractivity contribution in [2.75, 3.05) is 12.9 Å². The lowest BCUT2D eigenvalue weighted by Gasteiger charge is -2.25.